The minimum absolute atomic E-state index is 0. The standard InChI is InChI=1S/C19H22N3O.Na/c1-14-7-6-10-17(15(14)2)18(20)13-19(21)22-11-12-23-16-8-4-3-5-9-16;/h3-10,13,20H,11-12H2,1-2H3,(H2,21,22);/q-1;+1/b18-13-;. The molecule has 0 aromatic heterocycles. The molecule has 0 amide bonds. The Kier molecular flexibility index (Phi) is 8.61. The number of amidine groups is 1. The molecule has 24 heavy (non-hydrogen) atoms. The van der Waals surface area contributed by atoms with Gasteiger partial charge in [-0.3, -0.25) is 4.99 Å². The van der Waals surface area contributed by atoms with Gasteiger partial charge >= 0.3 is 29.6 Å². The van der Waals surface area contributed by atoms with Gasteiger partial charge in [0.1, 0.15) is 18.2 Å². The number of nitrogens with one attached hydrogen (secondary N) is 1. The Morgan fingerprint density at radius 1 is 1.12 bits per heavy atom. The van der Waals surface area contributed by atoms with E-state index in [0.29, 0.717) is 24.7 Å². The van der Waals surface area contributed by atoms with Crippen LogP contribution in [0.2, 0.25) is 0 Å². The van der Waals surface area contributed by atoms with Gasteiger partial charge in [-0.2, -0.15) is 0 Å². The zero-order valence-corrected chi connectivity index (χ0v) is 16.5. The Balaban J connectivity index is 0.00000288. The molecule has 0 aliphatic rings. The first kappa shape index (κ1) is 20.3. The number of aryl methyl sites for hydroxylation is 1. The van der Waals surface area contributed by atoms with E-state index in [1.54, 1.807) is 6.08 Å². The SMILES string of the molecule is Cc1cccc(/C([NH-])=C/C(N)=NCCOc2ccccc2)c1C.[Na+]. The Morgan fingerprint density at radius 3 is 2.54 bits per heavy atom. The summed E-state index contributed by atoms with van der Waals surface area (Å²) >= 11 is 0. The van der Waals surface area contributed by atoms with E-state index in [0.717, 1.165) is 22.4 Å². The molecule has 0 radical (unpaired) electrons. The van der Waals surface area contributed by atoms with Crippen LogP contribution < -0.4 is 40.0 Å². The molecular formula is C19H22N3NaO. The molecule has 120 valence electrons. The Morgan fingerprint density at radius 2 is 1.83 bits per heavy atom. The fourth-order valence-corrected chi connectivity index (χ4v) is 2.17. The number of nitrogens with two attached hydrogens (primary N) is 1. The second-order valence-electron chi connectivity index (χ2n) is 5.27. The normalized spacial score (nSPS) is 11.8. The van der Waals surface area contributed by atoms with Crippen molar-refractivity contribution < 1.29 is 34.3 Å². The summed E-state index contributed by atoms with van der Waals surface area (Å²) in [5.74, 6) is 1.15. The van der Waals surface area contributed by atoms with Crippen molar-refractivity contribution in [3.8, 4) is 5.75 Å². The van der Waals surface area contributed by atoms with Crippen LogP contribution in [0, 0.1) is 13.8 Å². The van der Waals surface area contributed by atoms with E-state index in [1.165, 1.54) is 0 Å². The summed E-state index contributed by atoms with van der Waals surface area (Å²) in [7, 11) is 0. The first-order valence-corrected chi connectivity index (χ1v) is 7.55. The molecule has 0 atom stereocenters. The topological polar surface area (TPSA) is 71.4 Å². The van der Waals surface area contributed by atoms with E-state index in [9.17, 15) is 0 Å². The number of para-hydroxylation sites is 1. The van der Waals surface area contributed by atoms with Crippen molar-refractivity contribution in [2.45, 2.75) is 13.8 Å². The van der Waals surface area contributed by atoms with Crippen molar-refractivity contribution in [1.82, 2.24) is 0 Å². The summed E-state index contributed by atoms with van der Waals surface area (Å²) in [6.07, 6.45) is 1.59. The van der Waals surface area contributed by atoms with Crippen LogP contribution in [0.5, 0.6) is 5.75 Å². The second-order valence-corrected chi connectivity index (χ2v) is 5.27. The molecule has 0 saturated carbocycles. The van der Waals surface area contributed by atoms with Gasteiger partial charge in [0.15, 0.2) is 0 Å². The van der Waals surface area contributed by atoms with Crippen molar-refractivity contribution in [2.24, 2.45) is 10.7 Å². The molecule has 2 aromatic carbocycles. The molecule has 0 bridgehead atoms. The number of nitrogens with zero attached hydrogens (tertiary/aromatic N) is 1. The molecule has 0 heterocycles. The van der Waals surface area contributed by atoms with Gasteiger partial charge in [0.25, 0.3) is 0 Å². The molecule has 2 rings (SSSR count). The molecule has 4 nitrogen and oxygen atoms in total. The van der Waals surface area contributed by atoms with Crippen LogP contribution in [0.25, 0.3) is 11.4 Å². The molecule has 5 heteroatoms. The zero-order valence-electron chi connectivity index (χ0n) is 14.5. The maximum atomic E-state index is 8.16. The monoisotopic (exact) mass is 331 g/mol. The van der Waals surface area contributed by atoms with Gasteiger partial charge in [0.05, 0.1) is 6.54 Å². The van der Waals surface area contributed by atoms with Crippen molar-refractivity contribution in [1.29, 1.82) is 0 Å². The van der Waals surface area contributed by atoms with E-state index >= 15 is 0 Å². The first-order chi connectivity index (χ1) is 11.1. The van der Waals surface area contributed by atoms with E-state index < -0.39 is 0 Å². The predicted molar refractivity (Wildman–Crippen MR) is 96.6 cm³/mol. The van der Waals surface area contributed by atoms with E-state index in [4.69, 9.17) is 16.2 Å². The van der Waals surface area contributed by atoms with Gasteiger partial charge in [-0.05, 0) is 48.7 Å². The summed E-state index contributed by atoms with van der Waals surface area (Å²) in [5, 5.41) is 0. The van der Waals surface area contributed by atoms with Crippen molar-refractivity contribution in [2.75, 3.05) is 13.2 Å². The van der Waals surface area contributed by atoms with Crippen molar-refractivity contribution in [3.63, 3.8) is 0 Å². The molecule has 3 N–H and O–H groups in total. The average Bonchev–Trinajstić information content (AvgIpc) is 2.55. The van der Waals surface area contributed by atoms with Gasteiger partial charge in [-0.15, -0.1) is 5.70 Å². The average molecular weight is 331 g/mol. The minimum atomic E-state index is 0. The van der Waals surface area contributed by atoms with E-state index in [-0.39, 0.29) is 29.6 Å². The van der Waals surface area contributed by atoms with E-state index in [2.05, 4.69) is 4.99 Å². The predicted octanol–water partition coefficient (Wildman–Crippen LogP) is 1.14. The molecule has 0 unspecified atom stereocenters. The number of benzene rings is 2. The summed E-state index contributed by atoms with van der Waals surface area (Å²) in [6.45, 7) is 4.95. The van der Waals surface area contributed by atoms with Gasteiger partial charge in [-0.25, -0.2) is 0 Å². The largest absolute Gasteiger partial charge is 1.00 e. The number of ether oxygens (including phenoxy) is 1. The van der Waals surface area contributed by atoms with Crippen LogP contribution >= 0.6 is 0 Å². The fraction of sp³-hybridized carbons (Fsp3) is 0.211. The van der Waals surface area contributed by atoms with Crippen LogP contribution in [0.4, 0.5) is 0 Å². The second kappa shape index (κ2) is 10.2. The van der Waals surface area contributed by atoms with Gasteiger partial charge in [0.2, 0.25) is 0 Å². The van der Waals surface area contributed by atoms with Crippen LogP contribution in [0.15, 0.2) is 59.6 Å². The third-order valence-corrected chi connectivity index (χ3v) is 3.58. The summed E-state index contributed by atoms with van der Waals surface area (Å²) < 4.78 is 5.55. The van der Waals surface area contributed by atoms with Gasteiger partial charge in [0, 0.05) is 0 Å². The zero-order chi connectivity index (χ0) is 16.7. The molecular weight excluding hydrogens is 309 g/mol. The smallest absolute Gasteiger partial charge is 0.698 e. The first-order valence-electron chi connectivity index (χ1n) is 7.55. The summed E-state index contributed by atoms with van der Waals surface area (Å²) in [6, 6.07) is 15.5. The van der Waals surface area contributed by atoms with Crippen LogP contribution in [-0.2, 0) is 0 Å². The van der Waals surface area contributed by atoms with Crippen LogP contribution in [-0.4, -0.2) is 19.0 Å². The molecule has 0 spiro atoms. The number of hydrogen-bond acceptors (Lipinski definition) is 2. The molecule has 0 aliphatic heterocycles. The summed E-state index contributed by atoms with van der Waals surface area (Å²) in [4.78, 5) is 4.23. The van der Waals surface area contributed by atoms with Crippen molar-refractivity contribution >= 4 is 11.5 Å². The Hall–Kier alpha value is -1.75. The summed E-state index contributed by atoms with van der Waals surface area (Å²) in [5.41, 5.74) is 17.5. The maximum Gasteiger partial charge on any atom is 1.00 e. The minimum Gasteiger partial charge on any atom is -0.698 e. The van der Waals surface area contributed by atoms with Crippen LogP contribution in [0.3, 0.4) is 0 Å². The van der Waals surface area contributed by atoms with Gasteiger partial charge < -0.3 is 16.2 Å². The van der Waals surface area contributed by atoms with Crippen LogP contribution in [0.1, 0.15) is 16.7 Å². The molecule has 0 aliphatic carbocycles. The molecule has 2 aromatic rings. The Labute approximate surface area is 165 Å². The molecule has 0 fully saturated rings. The quantitative estimate of drug-likeness (QED) is 0.373. The third-order valence-electron chi connectivity index (χ3n) is 3.58. The van der Waals surface area contributed by atoms with Gasteiger partial charge in [-0.1, -0.05) is 36.4 Å². The number of hydrogen-bond donors (Lipinski definition) is 1. The maximum absolute atomic E-state index is 8.16. The number of aliphatic imine (C=N–C) groups is 1. The number of rotatable bonds is 6. The van der Waals surface area contributed by atoms with Crippen molar-refractivity contribution in [3.05, 3.63) is 77.0 Å². The van der Waals surface area contributed by atoms with E-state index in [1.807, 2.05) is 62.4 Å². The Bertz CT molecular complexity index is 712. The molecule has 0 saturated heterocycles. The third kappa shape index (κ3) is 6.04. The fourth-order valence-electron chi connectivity index (χ4n) is 2.17.